The van der Waals surface area contributed by atoms with Gasteiger partial charge in [0.1, 0.15) is 11.6 Å². The van der Waals surface area contributed by atoms with Gasteiger partial charge in [0.25, 0.3) is 0 Å². The summed E-state index contributed by atoms with van der Waals surface area (Å²) in [7, 11) is 0. The van der Waals surface area contributed by atoms with Crippen molar-refractivity contribution in [2.75, 3.05) is 24.7 Å². The molecule has 22 heavy (non-hydrogen) atoms. The predicted molar refractivity (Wildman–Crippen MR) is 87.0 cm³/mol. The van der Waals surface area contributed by atoms with Crippen molar-refractivity contribution >= 4 is 18.0 Å². The SMILES string of the molecule is CCSCCOC1N=CC(F)=C(NCC2=CCCC=C2F)N1. The molecule has 0 fully saturated rings. The molecule has 0 saturated heterocycles. The number of nitrogens with zero attached hydrogens (tertiary/aromatic N) is 1. The zero-order valence-electron chi connectivity index (χ0n) is 12.6. The molecule has 0 saturated carbocycles. The van der Waals surface area contributed by atoms with Gasteiger partial charge in [0.2, 0.25) is 6.35 Å². The van der Waals surface area contributed by atoms with Gasteiger partial charge in [-0.05, 0) is 24.7 Å². The highest BCUT2D eigenvalue weighted by molar-refractivity contribution is 7.99. The first-order chi connectivity index (χ1) is 10.7. The van der Waals surface area contributed by atoms with E-state index in [0.29, 0.717) is 18.6 Å². The lowest BCUT2D eigenvalue weighted by Crippen LogP contribution is -2.40. The second kappa shape index (κ2) is 8.95. The summed E-state index contributed by atoms with van der Waals surface area (Å²) in [6, 6.07) is 0. The van der Waals surface area contributed by atoms with Crippen LogP contribution in [-0.2, 0) is 4.74 Å². The summed E-state index contributed by atoms with van der Waals surface area (Å²) in [5.41, 5.74) is 0.549. The van der Waals surface area contributed by atoms with E-state index in [1.807, 2.05) is 6.08 Å². The maximum Gasteiger partial charge on any atom is 0.226 e. The molecule has 0 aromatic heterocycles. The molecule has 0 radical (unpaired) electrons. The fourth-order valence-corrected chi connectivity index (χ4v) is 2.55. The van der Waals surface area contributed by atoms with E-state index in [1.54, 1.807) is 17.8 Å². The van der Waals surface area contributed by atoms with Gasteiger partial charge in [-0.25, -0.2) is 13.8 Å². The Labute approximate surface area is 133 Å². The highest BCUT2D eigenvalue weighted by Crippen LogP contribution is 2.19. The number of halogens is 2. The Hall–Kier alpha value is -1.34. The lowest BCUT2D eigenvalue weighted by Gasteiger charge is -2.23. The first kappa shape index (κ1) is 17.0. The van der Waals surface area contributed by atoms with Crippen LogP contribution in [0.4, 0.5) is 8.78 Å². The third-order valence-corrected chi connectivity index (χ3v) is 4.04. The summed E-state index contributed by atoms with van der Waals surface area (Å²) in [6.07, 6.45) is 5.41. The van der Waals surface area contributed by atoms with Crippen LogP contribution in [0.3, 0.4) is 0 Å². The Bertz CT molecular complexity index is 503. The van der Waals surface area contributed by atoms with Crippen LogP contribution < -0.4 is 10.6 Å². The molecule has 0 aromatic carbocycles. The molecule has 0 aromatic rings. The molecule has 0 amide bonds. The largest absolute Gasteiger partial charge is 0.365 e. The van der Waals surface area contributed by atoms with Gasteiger partial charge in [0.15, 0.2) is 5.83 Å². The zero-order valence-corrected chi connectivity index (χ0v) is 13.4. The molecule has 2 aliphatic rings. The average Bonchev–Trinajstić information content (AvgIpc) is 2.53. The number of allylic oxidation sites excluding steroid dienone is 3. The topological polar surface area (TPSA) is 45.6 Å². The summed E-state index contributed by atoms with van der Waals surface area (Å²) in [4.78, 5) is 3.93. The number of thioether (sulfide) groups is 1. The Kier molecular flexibility index (Phi) is 6.92. The molecule has 4 nitrogen and oxygen atoms in total. The van der Waals surface area contributed by atoms with Crippen LogP contribution in [-0.4, -0.2) is 37.2 Å². The molecule has 1 aliphatic heterocycles. The van der Waals surface area contributed by atoms with Gasteiger partial charge in [-0.1, -0.05) is 13.0 Å². The molecular formula is C15H21F2N3OS. The van der Waals surface area contributed by atoms with E-state index in [1.165, 1.54) is 0 Å². The molecule has 0 bridgehead atoms. The molecule has 122 valence electrons. The Morgan fingerprint density at radius 2 is 2.23 bits per heavy atom. The number of nitrogens with one attached hydrogen (secondary N) is 2. The molecule has 2 N–H and O–H groups in total. The molecule has 1 atom stereocenters. The third-order valence-electron chi connectivity index (χ3n) is 3.18. The molecule has 1 heterocycles. The maximum absolute atomic E-state index is 13.7. The normalized spacial score (nSPS) is 21.3. The quantitative estimate of drug-likeness (QED) is 0.672. The van der Waals surface area contributed by atoms with Gasteiger partial charge in [0.05, 0.1) is 12.8 Å². The first-order valence-corrected chi connectivity index (χ1v) is 8.54. The van der Waals surface area contributed by atoms with E-state index >= 15 is 0 Å². The van der Waals surface area contributed by atoms with Crippen molar-refractivity contribution in [1.82, 2.24) is 10.6 Å². The van der Waals surface area contributed by atoms with Crippen molar-refractivity contribution in [2.24, 2.45) is 4.99 Å². The van der Waals surface area contributed by atoms with E-state index in [0.717, 1.165) is 24.1 Å². The molecule has 1 unspecified atom stereocenters. The predicted octanol–water partition coefficient (Wildman–Crippen LogP) is 3.02. The summed E-state index contributed by atoms with van der Waals surface area (Å²) >= 11 is 1.77. The van der Waals surface area contributed by atoms with Crippen molar-refractivity contribution < 1.29 is 13.5 Å². The van der Waals surface area contributed by atoms with Crippen molar-refractivity contribution in [3.63, 3.8) is 0 Å². The van der Waals surface area contributed by atoms with Crippen molar-refractivity contribution in [3.05, 3.63) is 35.2 Å². The van der Waals surface area contributed by atoms with Crippen LogP contribution in [0.25, 0.3) is 0 Å². The van der Waals surface area contributed by atoms with Crippen LogP contribution >= 0.6 is 11.8 Å². The van der Waals surface area contributed by atoms with Crippen molar-refractivity contribution in [1.29, 1.82) is 0 Å². The van der Waals surface area contributed by atoms with E-state index in [-0.39, 0.29) is 18.2 Å². The molecule has 0 spiro atoms. The number of hydrogen-bond donors (Lipinski definition) is 2. The Morgan fingerprint density at radius 3 is 3.00 bits per heavy atom. The van der Waals surface area contributed by atoms with Crippen molar-refractivity contribution in [3.8, 4) is 0 Å². The third kappa shape index (κ3) is 5.14. The minimum absolute atomic E-state index is 0.183. The van der Waals surface area contributed by atoms with Gasteiger partial charge >= 0.3 is 0 Å². The van der Waals surface area contributed by atoms with E-state index in [2.05, 4.69) is 22.5 Å². The summed E-state index contributed by atoms with van der Waals surface area (Å²) < 4.78 is 32.8. The maximum atomic E-state index is 13.7. The molecular weight excluding hydrogens is 308 g/mol. The smallest absolute Gasteiger partial charge is 0.226 e. The van der Waals surface area contributed by atoms with E-state index in [4.69, 9.17) is 4.74 Å². The van der Waals surface area contributed by atoms with E-state index in [9.17, 15) is 8.78 Å². The van der Waals surface area contributed by atoms with Gasteiger partial charge in [0, 0.05) is 17.9 Å². The Morgan fingerprint density at radius 1 is 1.41 bits per heavy atom. The number of hydrogen-bond acceptors (Lipinski definition) is 5. The van der Waals surface area contributed by atoms with Crippen LogP contribution in [0.5, 0.6) is 0 Å². The summed E-state index contributed by atoms with van der Waals surface area (Å²) in [5.74, 6) is 1.32. The number of ether oxygens (including phenoxy) is 1. The summed E-state index contributed by atoms with van der Waals surface area (Å²) in [5, 5.41) is 5.70. The number of aliphatic imine (C=N–C) groups is 1. The highest BCUT2D eigenvalue weighted by Gasteiger charge is 2.17. The van der Waals surface area contributed by atoms with Gasteiger partial charge in [-0.15, -0.1) is 0 Å². The zero-order chi connectivity index (χ0) is 15.8. The number of rotatable bonds is 8. The standard InChI is InChI=1S/C15H21F2N3OS/c1-2-22-8-7-21-15-19-10-13(17)14(20-15)18-9-11-5-3-4-6-12(11)16/h5-6,10,15,18,20H,2-4,7-9H2,1H3. The average molecular weight is 329 g/mol. The van der Waals surface area contributed by atoms with Gasteiger partial charge in [-0.3, -0.25) is 0 Å². The fraction of sp³-hybridized carbons (Fsp3) is 0.533. The second-order valence-electron chi connectivity index (χ2n) is 4.78. The van der Waals surface area contributed by atoms with Crippen molar-refractivity contribution in [2.45, 2.75) is 26.1 Å². The summed E-state index contributed by atoms with van der Waals surface area (Å²) in [6.45, 7) is 2.84. The monoisotopic (exact) mass is 329 g/mol. The lowest BCUT2D eigenvalue weighted by atomic mass is 10.1. The minimum atomic E-state index is -0.611. The first-order valence-electron chi connectivity index (χ1n) is 7.38. The van der Waals surface area contributed by atoms with Crippen LogP contribution in [0.2, 0.25) is 0 Å². The van der Waals surface area contributed by atoms with Gasteiger partial charge in [-0.2, -0.15) is 11.8 Å². The molecule has 1 aliphatic carbocycles. The minimum Gasteiger partial charge on any atom is -0.365 e. The molecule has 2 rings (SSSR count). The van der Waals surface area contributed by atoms with E-state index < -0.39 is 12.2 Å². The fourth-order valence-electron chi connectivity index (χ4n) is 2.05. The Balaban J connectivity index is 1.81. The molecule has 7 heteroatoms. The van der Waals surface area contributed by atoms with Crippen LogP contribution in [0, 0.1) is 0 Å². The second-order valence-corrected chi connectivity index (χ2v) is 6.17. The van der Waals surface area contributed by atoms with Gasteiger partial charge < -0.3 is 15.4 Å². The lowest BCUT2D eigenvalue weighted by molar-refractivity contribution is 0.0509. The highest BCUT2D eigenvalue weighted by atomic mass is 32.2. The van der Waals surface area contributed by atoms with Crippen LogP contribution in [0.15, 0.2) is 40.2 Å². The van der Waals surface area contributed by atoms with Crippen LogP contribution in [0.1, 0.15) is 19.8 Å².